The predicted molar refractivity (Wildman–Crippen MR) is 66.4 cm³/mol. The maximum Gasteiger partial charge on any atom is 0.230 e. The van der Waals surface area contributed by atoms with Gasteiger partial charge in [-0.15, -0.1) is 0 Å². The number of aliphatic hydroxyl groups is 1. The van der Waals surface area contributed by atoms with E-state index in [1.54, 1.807) is 0 Å². The smallest absolute Gasteiger partial charge is 0.230 e. The van der Waals surface area contributed by atoms with Gasteiger partial charge in [0.25, 0.3) is 0 Å². The third-order valence-corrected chi connectivity index (χ3v) is 4.36. The molecule has 1 atom stereocenters. The zero-order chi connectivity index (χ0) is 12.3. The maximum absolute atomic E-state index is 12.6. The van der Waals surface area contributed by atoms with Gasteiger partial charge in [-0.2, -0.15) is 0 Å². The summed E-state index contributed by atoms with van der Waals surface area (Å²) in [6, 6.07) is 0. The summed E-state index contributed by atoms with van der Waals surface area (Å²) in [6.45, 7) is 1.65. The molecule has 1 aliphatic carbocycles. The lowest BCUT2D eigenvalue weighted by atomic mass is 9.79. The minimum atomic E-state index is -0.334. The van der Waals surface area contributed by atoms with Crippen LogP contribution in [0.4, 0.5) is 0 Å². The molecule has 1 unspecified atom stereocenters. The molecule has 17 heavy (non-hydrogen) atoms. The van der Waals surface area contributed by atoms with Gasteiger partial charge in [0.15, 0.2) is 0 Å². The molecule has 2 fully saturated rings. The van der Waals surface area contributed by atoms with Crippen LogP contribution in [-0.4, -0.2) is 41.7 Å². The summed E-state index contributed by atoms with van der Waals surface area (Å²) >= 11 is 0. The fraction of sp³-hybridized carbons (Fsp3) is 0.923. The Kier molecular flexibility index (Phi) is 4.05. The molecule has 0 bridgehead atoms. The quantitative estimate of drug-likeness (QED) is 0.704. The van der Waals surface area contributed by atoms with Crippen molar-refractivity contribution in [1.82, 2.24) is 4.90 Å². The standard InChI is InChI=1S/C13H24N2O2/c14-10-13(6-3-1-2-4-7-13)12(17)15-8-5-11(16)9-15/h11,16H,1-10,14H2. The van der Waals surface area contributed by atoms with Crippen molar-refractivity contribution >= 4 is 5.91 Å². The average molecular weight is 240 g/mol. The van der Waals surface area contributed by atoms with E-state index in [0.29, 0.717) is 26.1 Å². The monoisotopic (exact) mass is 240 g/mol. The number of amides is 1. The van der Waals surface area contributed by atoms with Gasteiger partial charge in [-0.25, -0.2) is 0 Å². The van der Waals surface area contributed by atoms with Crippen LogP contribution in [0.25, 0.3) is 0 Å². The van der Waals surface area contributed by atoms with Crippen LogP contribution in [0.2, 0.25) is 0 Å². The summed E-state index contributed by atoms with van der Waals surface area (Å²) in [4.78, 5) is 14.4. The van der Waals surface area contributed by atoms with Crippen LogP contribution < -0.4 is 5.73 Å². The van der Waals surface area contributed by atoms with E-state index in [4.69, 9.17) is 5.73 Å². The first-order valence-electron chi connectivity index (χ1n) is 6.85. The highest BCUT2D eigenvalue weighted by atomic mass is 16.3. The molecule has 0 spiro atoms. The molecular weight excluding hydrogens is 216 g/mol. The number of rotatable bonds is 2. The van der Waals surface area contributed by atoms with E-state index in [2.05, 4.69) is 0 Å². The van der Waals surface area contributed by atoms with Gasteiger partial charge < -0.3 is 15.7 Å². The number of aliphatic hydroxyl groups excluding tert-OH is 1. The van der Waals surface area contributed by atoms with Gasteiger partial charge in [0.1, 0.15) is 0 Å². The summed E-state index contributed by atoms with van der Waals surface area (Å²) in [5.41, 5.74) is 5.57. The van der Waals surface area contributed by atoms with Gasteiger partial charge in [-0.05, 0) is 19.3 Å². The molecule has 2 rings (SSSR count). The fourth-order valence-corrected chi connectivity index (χ4v) is 3.17. The van der Waals surface area contributed by atoms with Crippen molar-refractivity contribution in [2.75, 3.05) is 19.6 Å². The van der Waals surface area contributed by atoms with Gasteiger partial charge in [0.2, 0.25) is 5.91 Å². The molecule has 4 heteroatoms. The van der Waals surface area contributed by atoms with Crippen LogP contribution in [0.15, 0.2) is 0 Å². The topological polar surface area (TPSA) is 66.6 Å². The van der Waals surface area contributed by atoms with Crippen LogP contribution in [0, 0.1) is 5.41 Å². The molecule has 4 nitrogen and oxygen atoms in total. The van der Waals surface area contributed by atoms with Gasteiger partial charge in [-0.3, -0.25) is 4.79 Å². The van der Waals surface area contributed by atoms with Crippen molar-refractivity contribution in [3.8, 4) is 0 Å². The summed E-state index contributed by atoms with van der Waals surface area (Å²) < 4.78 is 0. The first kappa shape index (κ1) is 12.8. The first-order valence-corrected chi connectivity index (χ1v) is 6.85. The largest absolute Gasteiger partial charge is 0.391 e. The van der Waals surface area contributed by atoms with Crippen LogP contribution in [0.3, 0.4) is 0 Å². The summed E-state index contributed by atoms with van der Waals surface area (Å²) in [7, 11) is 0. The summed E-state index contributed by atoms with van der Waals surface area (Å²) in [6.07, 6.45) is 6.89. The van der Waals surface area contributed by atoms with E-state index in [-0.39, 0.29) is 17.4 Å². The minimum Gasteiger partial charge on any atom is -0.391 e. The zero-order valence-corrected chi connectivity index (χ0v) is 10.5. The molecule has 1 amide bonds. The molecule has 98 valence electrons. The highest BCUT2D eigenvalue weighted by Gasteiger charge is 2.41. The Labute approximate surface area is 103 Å². The van der Waals surface area contributed by atoms with Gasteiger partial charge in [0, 0.05) is 19.6 Å². The highest BCUT2D eigenvalue weighted by molar-refractivity contribution is 5.83. The fourth-order valence-electron chi connectivity index (χ4n) is 3.17. The Hall–Kier alpha value is -0.610. The number of carbonyl (C=O) groups is 1. The van der Waals surface area contributed by atoms with Crippen LogP contribution >= 0.6 is 0 Å². The Morgan fingerprint density at radius 2 is 1.94 bits per heavy atom. The Bertz CT molecular complexity index is 273. The number of β-amino-alcohol motifs (C(OH)–C–C–N with tert-alkyl or cyclic N) is 1. The number of hydrogen-bond donors (Lipinski definition) is 2. The molecule has 1 saturated heterocycles. The zero-order valence-electron chi connectivity index (χ0n) is 10.5. The van der Waals surface area contributed by atoms with Crippen LogP contribution in [0.1, 0.15) is 44.9 Å². The Morgan fingerprint density at radius 1 is 1.29 bits per heavy atom. The van der Waals surface area contributed by atoms with E-state index in [1.165, 1.54) is 12.8 Å². The molecule has 2 aliphatic rings. The molecular formula is C13H24N2O2. The molecule has 0 aromatic carbocycles. The minimum absolute atomic E-state index is 0.193. The van der Waals surface area contributed by atoms with E-state index in [1.807, 2.05) is 4.90 Å². The molecule has 1 saturated carbocycles. The SMILES string of the molecule is NCC1(C(=O)N2CCC(O)C2)CCCCCC1. The molecule has 1 aliphatic heterocycles. The molecule has 0 aromatic heterocycles. The van der Waals surface area contributed by atoms with Crippen LogP contribution in [-0.2, 0) is 4.79 Å². The first-order chi connectivity index (χ1) is 8.18. The average Bonchev–Trinajstić information content (AvgIpc) is 2.64. The van der Waals surface area contributed by atoms with Crippen molar-refractivity contribution in [3.05, 3.63) is 0 Å². The van der Waals surface area contributed by atoms with E-state index in [0.717, 1.165) is 25.7 Å². The van der Waals surface area contributed by atoms with Crippen molar-refractivity contribution in [3.63, 3.8) is 0 Å². The second-order valence-corrected chi connectivity index (χ2v) is 5.59. The molecule has 1 heterocycles. The second kappa shape index (κ2) is 5.36. The molecule has 0 aromatic rings. The lowest BCUT2D eigenvalue weighted by Gasteiger charge is -2.34. The Balaban J connectivity index is 2.07. The van der Waals surface area contributed by atoms with Gasteiger partial charge >= 0.3 is 0 Å². The van der Waals surface area contributed by atoms with Gasteiger partial charge in [0.05, 0.1) is 11.5 Å². The normalized spacial score (nSPS) is 29.1. The van der Waals surface area contributed by atoms with Gasteiger partial charge in [-0.1, -0.05) is 25.7 Å². The highest BCUT2D eigenvalue weighted by Crippen LogP contribution is 2.36. The molecule has 3 N–H and O–H groups in total. The maximum atomic E-state index is 12.6. The van der Waals surface area contributed by atoms with Crippen molar-refractivity contribution in [2.45, 2.75) is 51.0 Å². The lowest BCUT2D eigenvalue weighted by molar-refractivity contribution is -0.141. The number of hydrogen-bond acceptors (Lipinski definition) is 3. The second-order valence-electron chi connectivity index (χ2n) is 5.59. The van der Waals surface area contributed by atoms with E-state index >= 15 is 0 Å². The predicted octanol–water partition coefficient (Wildman–Crippen LogP) is 0.879. The number of nitrogens with two attached hydrogens (primary N) is 1. The van der Waals surface area contributed by atoms with E-state index in [9.17, 15) is 9.90 Å². The molecule has 0 radical (unpaired) electrons. The third kappa shape index (κ3) is 2.63. The number of likely N-dealkylation sites (tertiary alicyclic amines) is 1. The van der Waals surface area contributed by atoms with Crippen molar-refractivity contribution in [2.24, 2.45) is 11.1 Å². The van der Waals surface area contributed by atoms with Crippen molar-refractivity contribution in [1.29, 1.82) is 0 Å². The summed E-state index contributed by atoms with van der Waals surface area (Å²) in [5.74, 6) is 0.193. The summed E-state index contributed by atoms with van der Waals surface area (Å²) in [5, 5.41) is 9.53. The van der Waals surface area contributed by atoms with Crippen molar-refractivity contribution < 1.29 is 9.90 Å². The van der Waals surface area contributed by atoms with E-state index < -0.39 is 0 Å². The lowest BCUT2D eigenvalue weighted by Crippen LogP contribution is -2.47. The Morgan fingerprint density at radius 3 is 2.41 bits per heavy atom. The van der Waals surface area contributed by atoms with Crippen LogP contribution in [0.5, 0.6) is 0 Å². The number of nitrogens with zero attached hydrogens (tertiary/aromatic N) is 1. The number of carbonyl (C=O) groups excluding carboxylic acids is 1. The third-order valence-electron chi connectivity index (χ3n) is 4.36.